The third kappa shape index (κ3) is 5.24. The summed E-state index contributed by atoms with van der Waals surface area (Å²) in [7, 11) is 1.63. The average Bonchev–Trinajstić information content (AvgIpc) is 3.34. The fourth-order valence-electron chi connectivity index (χ4n) is 3.03. The van der Waals surface area contributed by atoms with Crippen molar-refractivity contribution < 1.29 is 23.2 Å². The summed E-state index contributed by atoms with van der Waals surface area (Å²) in [6.45, 7) is 4.78. The lowest BCUT2D eigenvalue weighted by atomic mass is 10.1. The number of ether oxygens (including phenoxy) is 2. The number of aryl methyl sites for hydroxylation is 1. The first-order valence-electron chi connectivity index (χ1n) is 9.46. The molecule has 1 aromatic carbocycles. The highest BCUT2D eigenvalue weighted by molar-refractivity contribution is 5.98. The maximum Gasteiger partial charge on any atom is 0.349 e. The van der Waals surface area contributed by atoms with E-state index in [1.165, 1.54) is 30.3 Å². The smallest absolute Gasteiger partial charge is 0.349 e. The van der Waals surface area contributed by atoms with Crippen LogP contribution >= 0.6 is 0 Å². The van der Waals surface area contributed by atoms with E-state index in [4.69, 9.17) is 14.0 Å². The monoisotopic (exact) mass is 424 g/mol. The van der Waals surface area contributed by atoms with E-state index < -0.39 is 5.97 Å². The molecule has 0 unspecified atom stereocenters. The van der Waals surface area contributed by atoms with Gasteiger partial charge in [-0.2, -0.15) is 10.2 Å². The van der Waals surface area contributed by atoms with Gasteiger partial charge in [0, 0.05) is 30.6 Å². The van der Waals surface area contributed by atoms with E-state index in [9.17, 15) is 14.4 Å². The summed E-state index contributed by atoms with van der Waals surface area (Å²) < 4.78 is 30.4. The third-order valence-electron chi connectivity index (χ3n) is 4.67. The number of nitrogens with zero attached hydrogens (tertiary/aromatic N) is 4. The lowest BCUT2D eigenvalue weighted by Gasteiger charge is -2.08. The predicted octanol–water partition coefficient (Wildman–Crippen LogP) is 3.59. The maximum atomic E-state index is 13.0. The fraction of sp³-hybridized carbons (Fsp3) is 0.273. The first kappa shape index (κ1) is 21.9. The van der Waals surface area contributed by atoms with Crippen molar-refractivity contribution >= 4 is 12.0 Å². The molecule has 31 heavy (non-hydrogen) atoms. The minimum Gasteiger partial charge on any atom is -0.451 e. The number of halogens is 1. The maximum absolute atomic E-state index is 13.0. The van der Waals surface area contributed by atoms with E-state index in [2.05, 4.69) is 10.1 Å². The summed E-state index contributed by atoms with van der Waals surface area (Å²) in [5.41, 5.74) is 3.06. The second kappa shape index (κ2) is 9.82. The molecule has 0 fully saturated rings. The van der Waals surface area contributed by atoms with Gasteiger partial charge in [0.05, 0.1) is 6.61 Å². The molecule has 0 aliphatic rings. The second-order valence-corrected chi connectivity index (χ2v) is 6.74. The van der Waals surface area contributed by atoms with Crippen molar-refractivity contribution in [2.45, 2.75) is 27.0 Å². The molecular formula is C22H21FN4O4. The fourth-order valence-corrected chi connectivity index (χ4v) is 3.03. The zero-order valence-corrected chi connectivity index (χ0v) is 17.4. The van der Waals surface area contributed by atoms with Gasteiger partial charge in [-0.15, -0.1) is 0 Å². The molecule has 0 N–H and O–H groups in total. The summed E-state index contributed by atoms with van der Waals surface area (Å²) in [4.78, 5) is 16.5. The molecule has 0 bridgehead atoms. The van der Waals surface area contributed by atoms with Gasteiger partial charge in [0.25, 0.3) is 5.89 Å². The Labute approximate surface area is 178 Å². The summed E-state index contributed by atoms with van der Waals surface area (Å²) in [6.07, 6.45) is 1.49. The van der Waals surface area contributed by atoms with Gasteiger partial charge in [0.1, 0.15) is 17.5 Å². The summed E-state index contributed by atoms with van der Waals surface area (Å²) in [5, 5.41) is 13.2. The van der Waals surface area contributed by atoms with Crippen LogP contribution in [0.25, 0.3) is 17.5 Å². The molecule has 8 nitrogen and oxygen atoms in total. The third-order valence-corrected chi connectivity index (χ3v) is 4.67. The minimum absolute atomic E-state index is 0.0581. The molecule has 9 heteroatoms. The molecule has 0 saturated heterocycles. The Balaban J connectivity index is 1.68. The van der Waals surface area contributed by atoms with Crippen molar-refractivity contribution in [3.8, 4) is 17.5 Å². The van der Waals surface area contributed by atoms with Gasteiger partial charge in [0.15, 0.2) is 6.61 Å². The van der Waals surface area contributed by atoms with E-state index in [-0.39, 0.29) is 29.7 Å². The van der Waals surface area contributed by atoms with Gasteiger partial charge in [-0.1, -0.05) is 5.16 Å². The number of carbonyl (C=O) groups excluding carboxylic acids is 1. The number of rotatable bonds is 8. The van der Waals surface area contributed by atoms with Crippen molar-refractivity contribution in [2.24, 2.45) is 0 Å². The SMILES string of the molecule is COCCn1c(C)cc(/C=C(\C#N)C(=O)OCc2nc(-c3ccc(F)cc3)no2)c1C. The Morgan fingerprint density at radius 3 is 2.74 bits per heavy atom. The molecule has 0 saturated carbocycles. The first-order chi connectivity index (χ1) is 14.9. The van der Waals surface area contributed by atoms with Crippen LogP contribution in [0, 0.1) is 31.0 Å². The Bertz CT molecular complexity index is 1140. The summed E-state index contributed by atoms with van der Waals surface area (Å²) >= 11 is 0. The van der Waals surface area contributed by atoms with E-state index in [0.29, 0.717) is 18.7 Å². The molecule has 2 heterocycles. The Morgan fingerprint density at radius 2 is 2.06 bits per heavy atom. The molecule has 0 radical (unpaired) electrons. The largest absolute Gasteiger partial charge is 0.451 e. The van der Waals surface area contributed by atoms with Crippen LogP contribution in [0.2, 0.25) is 0 Å². The van der Waals surface area contributed by atoms with Crippen molar-refractivity contribution in [3.05, 3.63) is 64.6 Å². The van der Waals surface area contributed by atoms with Crippen LogP contribution in [0.15, 0.2) is 40.4 Å². The number of hydrogen-bond acceptors (Lipinski definition) is 7. The molecule has 0 atom stereocenters. The zero-order chi connectivity index (χ0) is 22.4. The normalized spacial score (nSPS) is 11.4. The van der Waals surface area contributed by atoms with Crippen LogP contribution in [-0.2, 0) is 27.4 Å². The zero-order valence-electron chi connectivity index (χ0n) is 17.4. The van der Waals surface area contributed by atoms with Gasteiger partial charge in [-0.3, -0.25) is 0 Å². The van der Waals surface area contributed by atoms with E-state index in [0.717, 1.165) is 17.0 Å². The summed E-state index contributed by atoms with van der Waals surface area (Å²) in [6, 6.07) is 9.34. The highest BCUT2D eigenvalue weighted by Gasteiger charge is 2.16. The lowest BCUT2D eigenvalue weighted by molar-refractivity contribution is -0.140. The van der Waals surface area contributed by atoms with E-state index in [1.807, 2.05) is 30.6 Å². The quantitative estimate of drug-likeness (QED) is 0.309. The highest BCUT2D eigenvalue weighted by Crippen LogP contribution is 2.20. The Kier molecular flexibility index (Phi) is 6.95. The Hall–Kier alpha value is -3.77. The van der Waals surface area contributed by atoms with Crippen LogP contribution in [0.5, 0.6) is 0 Å². The molecule has 3 aromatic rings. The highest BCUT2D eigenvalue weighted by atomic mass is 19.1. The van der Waals surface area contributed by atoms with Crippen LogP contribution in [0.1, 0.15) is 22.8 Å². The number of hydrogen-bond donors (Lipinski definition) is 0. The molecule has 0 aliphatic carbocycles. The first-order valence-corrected chi connectivity index (χ1v) is 9.46. The topological polar surface area (TPSA) is 103 Å². The predicted molar refractivity (Wildman–Crippen MR) is 109 cm³/mol. The minimum atomic E-state index is -0.800. The molecule has 0 spiro atoms. The molecule has 0 aliphatic heterocycles. The standard InChI is InChI=1S/C22H21FN4O4/c1-14-10-17(15(2)27(14)8-9-29-3)11-18(12-24)22(28)30-13-20-25-21(26-31-20)16-4-6-19(23)7-5-16/h4-7,10-11H,8-9,13H2,1-3H3/b18-11+. The molecule has 3 rings (SSSR count). The van der Waals surface area contributed by atoms with Gasteiger partial charge in [-0.25, -0.2) is 9.18 Å². The lowest BCUT2D eigenvalue weighted by Crippen LogP contribution is -2.08. The second-order valence-electron chi connectivity index (χ2n) is 6.74. The number of benzene rings is 1. The molecular weight excluding hydrogens is 403 g/mol. The van der Waals surface area contributed by atoms with Gasteiger partial charge in [0.2, 0.25) is 5.82 Å². The number of nitriles is 1. The van der Waals surface area contributed by atoms with Gasteiger partial charge >= 0.3 is 5.97 Å². The van der Waals surface area contributed by atoms with Gasteiger partial charge in [-0.05, 0) is 55.8 Å². The molecule has 2 aromatic heterocycles. The van der Waals surface area contributed by atoms with Crippen molar-refractivity contribution in [1.82, 2.24) is 14.7 Å². The number of aromatic nitrogens is 3. The van der Waals surface area contributed by atoms with Gasteiger partial charge < -0.3 is 18.6 Å². The van der Waals surface area contributed by atoms with E-state index in [1.54, 1.807) is 7.11 Å². The number of carbonyl (C=O) groups is 1. The Morgan fingerprint density at radius 1 is 1.32 bits per heavy atom. The van der Waals surface area contributed by atoms with Crippen LogP contribution < -0.4 is 0 Å². The average molecular weight is 424 g/mol. The van der Waals surface area contributed by atoms with Crippen LogP contribution in [0.4, 0.5) is 4.39 Å². The molecule has 0 amide bonds. The van der Waals surface area contributed by atoms with Crippen LogP contribution in [-0.4, -0.2) is 34.4 Å². The number of esters is 1. The summed E-state index contributed by atoms with van der Waals surface area (Å²) in [5.74, 6) is -0.879. The number of methoxy groups -OCH3 is 1. The van der Waals surface area contributed by atoms with Crippen LogP contribution in [0.3, 0.4) is 0 Å². The van der Waals surface area contributed by atoms with Crippen molar-refractivity contribution in [1.29, 1.82) is 5.26 Å². The van der Waals surface area contributed by atoms with E-state index >= 15 is 0 Å². The molecule has 160 valence electrons. The van der Waals surface area contributed by atoms with Crippen molar-refractivity contribution in [3.63, 3.8) is 0 Å². The van der Waals surface area contributed by atoms with Crippen molar-refractivity contribution in [2.75, 3.05) is 13.7 Å².